The molecule has 1 aromatic heterocycles. The molecule has 2 nitrogen and oxygen atoms in total. The van der Waals surface area contributed by atoms with Gasteiger partial charge in [-0.15, -0.1) is 11.3 Å². The van der Waals surface area contributed by atoms with E-state index in [4.69, 9.17) is 17.3 Å². The normalized spacial score (nSPS) is 10.4. The van der Waals surface area contributed by atoms with Crippen LogP contribution in [0.2, 0.25) is 5.02 Å². The summed E-state index contributed by atoms with van der Waals surface area (Å²) in [5.74, 6) is -0.0908. The molecule has 0 fully saturated rings. The number of benzene rings is 1. The number of carbonyl (C=O) groups excluding carboxylic acids is 1. The third-order valence-electron chi connectivity index (χ3n) is 2.07. The van der Waals surface area contributed by atoms with Crippen molar-refractivity contribution < 1.29 is 4.79 Å². The van der Waals surface area contributed by atoms with Crippen LogP contribution in [-0.4, -0.2) is 5.78 Å². The molecule has 0 aliphatic rings. The summed E-state index contributed by atoms with van der Waals surface area (Å²) in [5, 5.41) is 2.17. The van der Waals surface area contributed by atoms with Crippen molar-refractivity contribution in [3.63, 3.8) is 0 Å². The second kappa shape index (κ2) is 4.57. The Bertz CT molecular complexity index is 553. The van der Waals surface area contributed by atoms with Crippen LogP contribution >= 0.6 is 38.9 Å². The smallest absolute Gasteiger partial charge is 0.195 e. The van der Waals surface area contributed by atoms with Crippen molar-refractivity contribution in [1.82, 2.24) is 0 Å². The lowest BCUT2D eigenvalue weighted by Gasteiger charge is -2.02. The second-order valence-electron chi connectivity index (χ2n) is 3.21. The van der Waals surface area contributed by atoms with Gasteiger partial charge in [-0.05, 0) is 40.2 Å². The van der Waals surface area contributed by atoms with E-state index in [9.17, 15) is 4.79 Å². The van der Waals surface area contributed by atoms with E-state index in [1.165, 1.54) is 11.3 Å². The van der Waals surface area contributed by atoms with Crippen LogP contribution in [0.1, 0.15) is 15.9 Å². The molecule has 0 aliphatic carbocycles. The molecule has 0 amide bonds. The Hall–Kier alpha value is -0.840. The van der Waals surface area contributed by atoms with Gasteiger partial charge in [0.25, 0.3) is 0 Å². The highest BCUT2D eigenvalue weighted by Gasteiger charge is 2.14. The molecule has 0 saturated carbocycles. The maximum atomic E-state index is 12.1. The van der Waals surface area contributed by atoms with Crippen molar-refractivity contribution in [2.24, 2.45) is 0 Å². The molecular weight excluding hydrogens is 310 g/mol. The van der Waals surface area contributed by atoms with Gasteiger partial charge in [0.15, 0.2) is 5.78 Å². The van der Waals surface area contributed by atoms with Gasteiger partial charge in [0, 0.05) is 22.2 Å². The highest BCUT2D eigenvalue weighted by Crippen LogP contribution is 2.26. The van der Waals surface area contributed by atoms with Gasteiger partial charge in [-0.25, -0.2) is 0 Å². The topological polar surface area (TPSA) is 43.1 Å². The van der Waals surface area contributed by atoms with E-state index in [0.29, 0.717) is 21.8 Å². The summed E-state index contributed by atoms with van der Waals surface area (Å²) < 4.78 is 0.919. The number of ketones is 1. The SMILES string of the molecule is Nc1ccc(C(=O)c2csc(Br)c2)c(Cl)c1. The van der Waals surface area contributed by atoms with E-state index < -0.39 is 0 Å². The number of thiophene rings is 1. The van der Waals surface area contributed by atoms with Gasteiger partial charge in [0.2, 0.25) is 0 Å². The minimum Gasteiger partial charge on any atom is -0.399 e. The fourth-order valence-electron chi connectivity index (χ4n) is 1.30. The fraction of sp³-hybridized carbons (Fsp3) is 0. The molecule has 82 valence electrons. The van der Waals surface area contributed by atoms with Crippen LogP contribution in [0, 0.1) is 0 Å². The first-order valence-corrected chi connectivity index (χ1v) is 6.47. The van der Waals surface area contributed by atoms with Gasteiger partial charge in [-0.1, -0.05) is 11.6 Å². The van der Waals surface area contributed by atoms with E-state index in [-0.39, 0.29) is 5.78 Å². The number of carbonyl (C=O) groups is 1. The summed E-state index contributed by atoms with van der Waals surface area (Å²) in [5.41, 5.74) is 7.22. The van der Waals surface area contributed by atoms with Crippen LogP contribution in [0.4, 0.5) is 5.69 Å². The zero-order valence-electron chi connectivity index (χ0n) is 8.04. The Balaban J connectivity index is 2.41. The van der Waals surface area contributed by atoms with Crippen LogP contribution in [0.25, 0.3) is 0 Å². The molecule has 0 unspecified atom stereocenters. The van der Waals surface area contributed by atoms with E-state index in [2.05, 4.69) is 15.9 Å². The molecule has 1 aromatic carbocycles. The Labute approximate surface area is 110 Å². The number of nitrogen functional groups attached to an aromatic ring is 1. The predicted molar refractivity (Wildman–Crippen MR) is 71.3 cm³/mol. The summed E-state index contributed by atoms with van der Waals surface area (Å²) >= 11 is 10.8. The molecular formula is C11H7BrClNOS. The van der Waals surface area contributed by atoms with Crippen molar-refractivity contribution in [1.29, 1.82) is 0 Å². The van der Waals surface area contributed by atoms with Crippen LogP contribution in [0.5, 0.6) is 0 Å². The molecule has 0 atom stereocenters. The zero-order chi connectivity index (χ0) is 11.7. The average Bonchev–Trinajstić information content (AvgIpc) is 2.64. The summed E-state index contributed by atoms with van der Waals surface area (Å²) in [7, 11) is 0. The van der Waals surface area contributed by atoms with Gasteiger partial charge < -0.3 is 5.73 Å². The van der Waals surface area contributed by atoms with Gasteiger partial charge in [0.05, 0.1) is 8.81 Å². The van der Waals surface area contributed by atoms with Gasteiger partial charge in [0.1, 0.15) is 0 Å². The molecule has 0 spiro atoms. The number of hydrogen-bond acceptors (Lipinski definition) is 3. The quantitative estimate of drug-likeness (QED) is 0.673. The summed E-state index contributed by atoms with van der Waals surface area (Å²) in [4.78, 5) is 12.1. The first-order chi connectivity index (χ1) is 7.58. The summed E-state index contributed by atoms with van der Waals surface area (Å²) in [6.45, 7) is 0. The van der Waals surface area contributed by atoms with Crippen LogP contribution in [0.3, 0.4) is 0 Å². The Morgan fingerprint density at radius 2 is 2.12 bits per heavy atom. The lowest BCUT2D eigenvalue weighted by Crippen LogP contribution is -2.01. The van der Waals surface area contributed by atoms with Gasteiger partial charge in [-0.2, -0.15) is 0 Å². The lowest BCUT2D eigenvalue weighted by molar-refractivity contribution is 0.103. The maximum Gasteiger partial charge on any atom is 0.195 e. The van der Waals surface area contributed by atoms with E-state index in [1.54, 1.807) is 29.6 Å². The van der Waals surface area contributed by atoms with Crippen molar-refractivity contribution in [3.8, 4) is 0 Å². The molecule has 0 aliphatic heterocycles. The van der Waals surface area contributed by atoms with Crippen LogP contribution in [-0.2, 0) is 0 Å². The first kappa shape index (κ1) is 11.6. The van der Waals surface area contributed by atoms with Crippen molar-refractivity contribution >= 4 is 50.3 Å². The monoisotopic (exact) mass is 315 g/mol. The number of nitrogens with two attached hydrogens (primary N) is 1. The first-order valence-electron chi connectivity index (χ1n) is 4.41. The van der Waals surface area contributed by atoms with Crippen LogP contribution < -0.4 is 5.73 Å². The van der Waals surface area contributed by atoms with E-state index >= 15 is 0 Å². The Kier molecular flexibility index (Phi) is 3.33. The highest BCUT2D eigenvalue weighted by atomic mass is 79.9. The minimum atomic E-state index is -0.0908. The van der Waals surface area contributed by atoms with Crippen molar-refractivity contribution in [2.45, 2.75) is 0 Å². The minimum absolute atomic E-state index is 0.0908. The largest absolute Gasteiger partial charge is 0.399 e. The molecule has 5 heteroatoms. The fourth-order valence-corrected chi connectivity index (χ4v) is 2.71. The number of halogens is 2. The Morgan fingerprint density at radius 3 is 2.69 bits per heavy atom. The van der Waals surface area contributed by atoms with Crippen molar-refractivity contribution in [2.75, 3.05) is 5.73 Å². The maximum absolute atomic E-state index is 12.1. The predicted octanol–water partition coefficient (Wildman–Crippen LogP) is 3.98. The molecule has 0 bridgehead atoms. The third kappa shape index (κ3) is 2.29. The van der Waals surface area contributed by atoms with Gasteiger partial charge >= 0.3 is 0 Å². The zero-order valence-corrected chi connectivity index (χ0v) is 11.2. The second-order valence-corrected chi connectivity index (χ2v) is 5.91. The highest BCUT2D eigenvalue weighted by molar-refractivity contribution is 9.11. The number of hydrogen-bond donors (Lipinski definition) is 1. The molecule has 1 heterocycles. The molecule has 0 saturated heterocycles. The standard InChI is InChI=1S/C11H7BrClNOS/c12-10-3-6(5-16-10)11(15)8-2-1-7(14)4-9(8)13/h1-5H,14H2. The molecule has 2 N–H and O–H groups in total. The molecule has 16 heavy (non-hydrogen) atoms. The molecule has 2 aromatic rings. The van der Waals surface area contributed by atoms with Crippen LogP contribution in [0.15, 0.2) is 33.4 Å². The summed E-state index contributed by atoms with van der Waals surface area (Å²) in [6, 6.07) is 6.67. The average molecular weight is 317 g/mol. The van der Waals surface area contributed by atoms with Crippen molar-refractivity contribution in [3.05, 3.63) is 49.6 Å². The lowest BCUT2D eigenvalue weighted by atomic mass is 10.1. The van der Waals surface area contributed by atoms with E-state index in [1.807, 2.05) is 0 Å². The summed E-state index contributed by atoms with van der Waals surface area (Å²) in [6.07, 6.45) is 0. The molecule has 0 radical (unpaired) electrons. The number of rotatable bonds is 2. The third-order valence-corrected chi connectivity index (χ3v) is 3.88. The van der Waals surface area contributed by atoms with E-state index in [0.717, 1.165) is 3.79 Å². The number of anilines is 1. The van der Waals surface area contributed by atoms with Gasteiger partial charge in [-0.3, -0.25) is 4.79 Å². The molecule has 2 rings (SSSR count). The Morgan fingerprint density at radius 1 is 1.38 bits per heavy atom.